The molecule has 0 fully saturated rings. The first-order chi connectivity index (χ1) is 40.5. The second-order valence-corrected chi connectivity index (χ2v) is 20.9. The average Bonchev–Trinajstić information content (AvgIpc) is 3.47. The van der Waals surface area contributed by atoms with Crippen LogP contribution in [0.4, 0.5) is 0 Å². The van der Waals surface area contributed by atoms with Crippen LogP contribution in [0.15, 0.2) is 182 Å². The quantitative estimate of drug-likeness (QED) is 0.0261. The Morgan fingerprint density at radius 3 is 0.793 bits per heavy atom. The summed E-state index contributed by atoms with van der Waals surface area (Å²) in [4.78, 5) is 38.4. The van der Waals surface area contributed by atoms with Gasteiger partial charge < -0.3 is 14.2 Å². The first kappa shape index (κ1) is 76.5. The number of rotatable bonds is 57. The van der Waals surface area contributed by atoms with E-state index in [2.05, 4.69) is 191 Å². The van der Waals surface area contributed by atoms with Gasteiger partial charge >= 0.3 is 17.9 Å². The lowest BCUT2D eigenvalue weighted by Gasteiger charge is -2.18. The van der Waals surface area contributed by atoms with Crippen LogP contribution in [-0.4, -0.2) is 37.2 Å². The lowest BCUT2D eigenvalue weighted by molar-refractivity contribution is -0.166. The normalized spacial score (nSPS) is 13.4. The minimum atomic E-state index is -0.843. The Labute approximate surface area is 504 Å². The van der Waals surface area contributed by atoms with Crippen molar-refractivity contribution in [1.82, 2.24) is 0 Å². The first-order valence-electron chi connectivity index (χ1n) is 32.8. The Bertz CT molecular complexity index is 1920. The third kappa shape index (κ3) is 65.3. The zero-order valence-corrected chi connectivity index (χ0v) is 52.4. The van der Waals surface area contributed by atoms with Crippen molar-refractivity contribution >= 4 is 17.9 Å². The van der Waals surface area contributed by atoms with Crippen LogP contribution in [0, 0.1) is 0 Å². The summed E-state index contributed by atoms with van der Waals surface area (Å²) in [6.45, 7) is 6.30. The predicted octanol–water partition coefficient (Wildman–Crippen LogP) is 22.8. The fraction of sp³-hybridized carbons (Fsp3) is 0.566. The average molecular weight is 1130 g/mol. The lowest BCUT2D eigenvalue weighted by Crippen LogP contribution is -2.30. The number of hydrogen-bond donors (Lipinski definition) is 0. The van der Waals surface area contributed by atoms with E-state index in [1.54, 1.807) is 0 Å². The standard InChI is InChI=1S/C76H118O6/c1-4-7-10-13-16-19-22-25-28-31-34-35-36-37-38-39-40-41-43-45-48-51-54-57-60-63-66-69-75(78)81-72-73(71-80-74(77)68-65-62-59-56-53-50-47-44-33-30-27-24-21-18-15-12-9-6-3)82-76(79)70-67-64-61-58-55-52-49-46-42-32-29-26-23-20-17-14-11-8-5-2/h7-8,10-11,16-17,19-21,24-26,28-30,33-35,37-38,40-42,45-46,48,52,55,61,64,73H,4-6,9,12-15,18,22-23,27,31-32,36,39,43-44,47,49-51,53-54,56-60,62-63,65-72H2,1-3H3/b10-7-,11-8-,19-16-,20-17-,24-21-,28-25-,29-26-,33-30-,35-34-,38-37-,41-40-,46-42-,48-45-,55-52-,64-61-. The van der Waals surface area contributed by atoms with Crippen molar-refractivity contribution in [2.75, 3.05) is 13.2 Å². The number of allylic oxidation sites excluding steroid dienone is 30. The predicted molar refractivity (Wildman–Crippen MR) is 357 cm³/mol. The molecule has 0 aliphatic rings. The maximum Gasteiger partial charge on any atom is 0.306 e. The molecule has 0 bridgehead atoms. The van der Waals surface area contributed by atoms with Gasteiger partial charge in [-0.15, -0.1) is 0 Å². The van der Waals surface area contributed by atoms with E-state index >= 15 is 0 Å². The second-order valence-electron chi connectivity index (χ2n) is 20.9. The highest BCUT2D eigenvalue weighted by Crippen LogP contribution is 2.13. The maximum atomic E-state index is 12.9. The second kappa shape index (κ2) is 68.0. The largest absolute Gasteiger partial charge is 0.462 e. The van der Waals surface area contributed by atoms with E-state index in [0.29, 0.717) is 19.3 Å². The van der Waals surface area contributed by atoms with E-state index < -0.39 is 12.1 Å². The number of carbonyl (C=O) groups excluding carboxylic acids is 3. The van der Waals surface area contributed by atoms with Gasteiger partial charge in [0, 0.05) is 19.3 Å². The first-order valence-corrected chi connectivity index (χ1v) is 32.8. The Balaban J connectivity index is 4.56. The topological polar surface area (TPSA) is 78.9 Å². The molecule has 1 unspecified atom stereocenters. The van der Waals surface area contributed by atoms with Crippen molar-refractivity contribution in [1.29, 1.82) is 0 Å². The summed E-state index contributed by atoms with van der Waals surface area (Å²) in [5.74, 6) is -1.05. The van der Waals surface area contributed by atoms with Gasteiger partial charge in [0.25, 0.3) is 0 Å². The monoisotopic (exact) mass is 1130 g/mol. The van der Waals surface area contributed by atoms with Crippen molar-refractivity contribution in [3.63, 3.8) is 0 Å². The summed E-state index contributed by atoms with van der Waals surface area (Å²) in [6.07, 6.45) is 102. The smallest absolute Gasteiger partial charge is 0.306 e. The van der Waals surface area contributed by atoms with Crippen LogP contribution in [0.2, 0.25) is 0 Å². The van der Waals surface area contributed by atoms with E-state index in [9.17, 15) is 14.4 Å². The minimum Gasteiger partial charge on any atom is -0.462 e. The molecule has 0 amide bonds. The Morgan fingerprint density at radius 2 is 0.500 bits per heavy atom. The van der Waals surface area contributed by atoms with Crippen molar-refractivity contribution in [3.8, 4) is 0 Å². The number of carbonyl (C=O) groups is 3. The molecular formula is C76H118O6. The van der Waals surface area contributed by atoms with E-state index in [1.807, 2.05) is 12.2 Å². The Morgan fingerprint density at radius 1 is 0.256 bits per heavy atom. The Kier molecular flexibility index (Phi) is 63.5. The Hall–Kier alpha value is -5.49. The van der Waals surface area contributed by atoms with Gasteiger partial charge in [-0.25, -0.2) is 0 Å². The summed E-state index contributed by atoms with van der Waals surface area (Å²) in [5, 5.41) is 0. The van der Waals surface area contributed by atoms with E-state index in [0.717, 1.165) is 154 Å². The fourth-order valence-corrected chi connectivity index (χ4v) is 8.30. The van der Waals surface area contributed by atoms with Gasteiger partial charge in [-0.05, 0) is 148 Å². The molecule has 0 heterocycles. The van der Waals surface area contributed by atoms with Crippen LogP contribution < -0.4 is 0 Å². The van der Waals surface area contributed by atoms with Gasteiger partial charge in [0.2, 0.25) is 0 Å². The van der Waals surface area contributed by atoms with Gasteiger partial charge in [0.15, 0.2) is 6.10 Å². The molecule has 0 aliphatic heterocycles. The molecule has 0 aliphatic carbocycles. The molecule has 82 heavy (non-hydrogen) atoms. The van der Waals surface area contributed by atoms with Crippen LogP contribution in [0.1, 0.15) is 258 Å². The van der Waals surface area contributed by atoms with E-state index in [4.69, 9.17) is 14.2 Å². The summed E-state index contributed by atoms with van der Waals surface area (Å²) < 4.78 is 16.8. The lowest BCUT2D eigenvalue weighted by atomic mass is 10.1. The van der Waals surface area contributed by atoms with Crippen LogP contribution in [0.25, 0.3) is 0 Å². The zero-order chi connectivity index (χ0) is 59.2. The maximum absolute atomic E-state index is 12.9. The van der Waals surface area contributed by atoms with Gasteiger partial charge in [0.05, 0.1) is 0 Å². The zero-order valence-electron chi connectivity index (χ0n) is 52.4. The van der Waals surface area contributed by atoms with Crippen LogP contribution in [0.5, 0.6) is 0 Å². The van der Waals surface area contributed by atoms with Crippen molar-refractivity contribution in [3.05, 3.63) is 182 Å². The number of hydrogen-bond acceptors (Lipinski definition) is 6. The molecule has 0 rings (SSSR count). The highest BCUT2D eigenvalue weighted by molar-refractivity contribution is 5.71. The molecule has 0 radical (unpaired) electrons. The molecular weight excluding hydrogens is 1010 g/mol. The molecule has 0 aromatic heterocycles. The fourth-order valence-electron chi connectivity index (χ4n) is 8.30. The molecule has 0 saturated carbocycles. The van der Waals surface area contributed by atoms with Crippen molar-refractivity contribution in [2.45, 2.75) is 264 Å². The highest BCUT2D eigenvalue weighted by atomic mass is 16.6. The SMILES string of the molecule is CC/C=C\C/C=C\C/C=C\C/C=C\C/C=C\C/C=C\C/C=C\CCCCCCCC(=O)OCC(COC(=O)CCCCCCCCC/C=C\C/C=C\CCCCCC)OC(=O)CC/C=C\C/C=C\C/C=C\C/C=C\C/C=C\C/C=C\CC. The van der Waals surface area contributed by atoms with Crippen LogP contribution in [-0.2, 0) is 28.6 Å². The molecule has 0 aromatic carbocycles. The van der Waals surface area contributed by atoms with Crippen molar-refractivity contribution in [2.24, 2.45) is 0 Å². The van der Waals surface area contributed by atoms with Gasteiger partial charge in [-0.2, -0.15) is 0 Å². The van der Waals surface area contributed by atoms with E-state index in [-0.39, 0.29) is 31.6 Å². The summed E-state index contributed by atoms with van der Waals surface area (Å²) in [7, 11) is 0. The van der Waals surface area contributed by atoms with Crippen molar-refractivity contribution < 1.29 is 28.6 Å². The number of esters is 3. The summed E-state index contributed by atoms with van der Waals surface area (Å²) in [5.41, 5.74) is 0. The third-order valence-electron chi connectivity index (χ3n) is 13.1. The summed E-state index contributed by atoms with van der Waals surface area (Å²) in [6, 6.07) is 0. The van der Waals surface area contributed by atoms with Crippen LogP contribution in [0.3, 0.4) is 0 Å². The van der Waals surface area contributed by atoms with Gasteiger partial charge in [0.1, 0.15) is 13.2 Å². The summed E-state index contributed by atoms with van der Waals surface area (Å²) >= 11 is 0. The van der Waals surface area contributed by atoms with Gasteiger partial charge in [-0.1, -0.05) is 274 Å². The minimum absolute atomic E-state index is 0.128. The van der Waals surface area contributed by atoms with E-state index in [1.165, 1.54) is 57.8 Å². The van der Waals surface area contributed by atoms with Crippen LogP contribution >= 0.6 is 0 Å². The molecule has 1 atom stereocenters. The number of unbranched alkanes of at least 4 members (excludes halogenated alkanes) is 16. The molecule has 0 N–H and O–H groups in total. The molecule has 0 saturated heterocycles. The number of ether oxygens (including phenoxy) is 3. The molecule has 0 aromatic rings. The molecule has 6 heteroatoms. The third-order valence-corrected chi connectivity index (χ3v) is 13.1. The van der Waals surface area contributed by atoms with Gasteiger partial charge in [-0.3, -0.25) is 14.4 Å². The molecule has 0 spiro atoms. The highest BCUT2D eigenvalue weighted by Gasteiger charge is 2.19. The molecule has 458 valence electrons. The molecule has 6 nitrogen and oxygen atoms in total.